The van der Waals surface area contributed by atoms with Crippen LogP contribution in [-0.4, -0.2) is 37.9 Å². The summed E-state index contributed by atoms with van der Waals surface area (Å²) in [5.74, 6) is 0.622. The second-order valence-electron chi connectivity index (χ2n) is 9.96. The highest BCUT2D eigenvalue weighted by Crippen LogP contribution is 2.31. The lowest BCUT2D eigenvalue weighted by molar-refractivity contribution is 0.0431. The minimum atomic E-state index is -0.816. The molecule has 0 unspecified atom stereocenters. The van der Waals surface area contributed by atoms with Crippen LogP contribution in [0.1, 0.15) is 41.5 Å². The van der Waals surface area contributed by atoms with Crippen molar-refractivity contribution in [3.05, 3.63) is 61.2 Å². The Morgan fingerprint density at radius 1 is 0.882 bits per heavy atom. The number of hydrogen-bond donors (Lipinski definition) is 0. The number of ether oxygens (including phenoxy) is 2. The Morgan fingerprint density at radius 3 is 2.21 bits per heavy atom. The van der Waals surface area contributed by atoms with Crippen molar-refractivity contribution in [2.75, 3.05) is 4.90 Å². The van der Waals surface area contributed by atoms with Gasteiger partial charge in [-0.25, -0.2) is 14.6 Å². The molecule has 0 bridgehead atoms. The molecule has 176 valence electrons. The fourth-order valence-electron chi connectivity index (χ4n) is 3.53. The number of nitrogens with zero attached hydrogens (tertiary/aromatic N) is 4. The monoisotopic (exact) mass is 460 g/mol. The minimum absolute atomic E-state index is 0.347. The van der Waals surface area contributed by atoms with Crippen LogP contribution in [0.25, 0.3) is 27.5 Å². The molecule has 0 aliphatic rings. The van der Waals surface area contributed by atoms with Gasteiger partial charge in [0.05, 0.1) is 17.4 Å². The van der Waals surface area contributed by atoms with Crippen LogP contribution in [-0.2, 0) is 9.47 Å². The number of hydrogen-bond acceptors (Lipinski definition) is 6. The molecule has 0 fully saturated rings. The highest BCUT2D eigenvalue weighted by atomic mass is 16.6. The topological polar surface area (TPSA) is 86.5 Å². The largest absolute Gasteiger partial charge is 0.443 e. The first kappa shape index (κ1) is 23.2. The summed E-state index contributed by atoms with van der Waals surface area (Å²) in [5, 5.41) is 2.43. The number of pyridine rings is 2. The van der Waals surface area contributed by atoms with Crippen LogP contribution in [0.5, 0.6) is 0 Å². The van der Waals surface area contributed by atoms with E-state index < -0.39 is 23.4 Å². The molecule has 0 aliphatic heterocycles. The number of anilines is 1. The van der Waals surface area contributed by atoms with Gasteiger partial charge in [0, 0.05) is 34.7 Å². The average molecular weight is 461 g/mol. The molecule has 2 amide bonds. The van der Waals surface area contributed by atoms with Gasteiger partial charge in [-0.2, -0.15) is 4.90 Å². The summed E-state index contributed by atoms with van der Waals surface area (Å²) in [7, 11) is 0. The Hall–Kier alpha value is -3.94. The summed E-state index contributed by atoms with van der Waals surface area (Å²) in [6, 6.07) is 11.0. The van der Waals surface area contributed by atoms with E-state index in [1.165, 1.54) is 0 Å². The second-order valence-corrected chi connectivity index (χ2v) is 9.96. The van der Waals surface area contributed by atoms with E-state index in [9.17, 15) is 9.59 Å². The smallest absolute Gasteiger partial charge is 0.424 e. The van der Waals surface area contributed by atoms with Gasteiger partial charge in [-0.3, -0.25) is 9.55 Å². The number of carbonyl (C=O) groups excluding carboxylic acids is 2. The van der Waals surface area contributed by atoms with Crippen molar-refractivity contribution in [1.82, 2.24) is 14.5 Å². The van der Waals surface area contributed by atoms with Gasteiger partial charge in [0.15, 0.2) is 0 Å². The molecule has 0 aliphatic carbocycles. The lowest BCUT2D eigenvalue weighted by Crippen LogP contribution is -2.43. The minimum Gasteiger partial charge on any atom is -0.443 e. The van der Waals surface area contributed by atoms with Crippen LogP contribution in [0.15, 0.2) is 61.2 Å². The molecule has 0 N–H and O–H groups in total. The summed E-state index contributed by atoms with van der Waals surface area (Å²) < 4.78 is 13.0. The van der Waals surface area contributed by atoms with Crippen LogP contribution in [0, 0.1) is 0 Å². The molecule has 0 radical (unpaired) electrons. The first-order valence-corrected chi connectivity index (χ1v) is 11.0. The number of rotatable bonds is 2. The van der Waals surface area contributed by atoms with Crippen LogP contribution in [0.4, 0.5) is 15.3 Å². The molecular formula is C26H28N4O4. The molecule has 34 heavy (non-hydrogen) atoms. The molecule has 0 saturated carbocycles. The molecule has 0 spiro atoms. The molecule has 3 heterocycles. The number of benzene rings is 1. The highest BCUT2D eigenvalue weighted by Gasteiger charge is 2.33. The third-order valence-corrected chi connectivity index (χ3v) is 4.86. The van der Waals surface area contributed by atoms with Crippen LogP contribution in [0.3, 0.4) is 0 Å². The lowest BCUT2D eigenvalue weighted by atomic mass is 10.1. The lowest BCUT2D eigenvalue weighted by Gasteiger charge is -2.29. The Labute approximate surface area is 198 Å². The Balaban J connectivity index is 1.87. The van der Waals surface area contributed by atoms with Crippen LogP contribution < -0.4 is 4.90 Å². The quantitative estimate of drug-likeness (QED) is 0.351. The Kier molecular flexibility index (Phi) is 5.77. The molecule has 0 saturated heterocycles. The predicted octanol–water partition coefficient (Wildman–Crippen LogP) is 6.25. The van der Waals surface area contributed by atoms with E-state index in [0.717, 1.165) is 21.2 Å². The Bertz CT molecular complexity index is 1350. The number of fused-ring (bicyclic) bond motifs is 2. The van der Waals surface area contributed by atoms with Crippen molar-refractivity contribution < 1.29 is 19.1 Å². The van der Waals surface area contributed by atoms with Crippen molar-refractivity contribution in [3.8, 4) is 5.82 Å². The summed E-state index contributed by atoms with van der Waals surface area (Å²) in [5.41, 5.74) is -0.362. The SMILES string of the molecule is CC(C)(C)OC(=O)N(C(=O)OC(C)(C)C)c1cccc2cnc(-n3ccc4ccncc43)cc12. The zero-order valence-corrected chi connectivity index (χ0v) is 20.2. The van der Waals surface area contributed by atoms with E-state index in [-0.39, 0.29) is 0 Å². The van der Waals surface area contributed by atoms with E-state index >= 15 is 0 Å². The van der Waals surface area contributed by atoms with Crippen molar-refractivity contribution in [2.45, 2.75) is 52.7 Å². The van der Waals surface area contributed by atoms with Crippen molar-refractivity contribution in [1.29, 1.82) is 0 Å². The third-order valence-electron chi connectivity index (χ3n) is 4.86. The zero-order valence-electron chi connectivity index (χ0n) is 20.2. The van der Waals surface area contributed by atoms with Gasteiger partial charge in [-0.1, -0.05) is 12.1 Å². The van der Waals surface area contributed by atoms with Crippen LogP contribution in [0.2, 0.25) is 0 Å². The number of aromatic nitrogens is 3. The third kappa shape index (κ3) is 4.85. The maximum absolute atomic E-state index is 13.2. The normalized spacial score (nSPS) is 12.1. The number of carbonyl (C=O) groups is 2. The zero-order chi connectivity index (χ0) is 24.7. The summed E-state index contributed by atoms with van der Waals surface area (Å²) in [6.45, 7) is 10.5. The number of imide groups is 1. The predicted molar refractivity (Wildman–Crippen MR) is 131 cm³/mol. The van der Waals surface area contributed by atoms with E-state index in [1.807, 2.05) is 35.0 Å². The van der Waals surface area contributed by atoms with Crippen molar-refractivity contribution in [2.24, 2.45) is 0 Å². The van der Waals surface area contributed by atoms with Gasteiger partial charge in [-0.05, 0) is 65.8 Å². The van der Waals surface area contributed by atoms with Gasteiger partial charge in [0.25, 0.3) is 0 Å². The molecule has 0 atom stereocenters. The van der Waals surface area contributed by atoms with E-state index in [1.54, 1.807) is 72.3 Å². The highest BCUT2D eigenvalue weighted by molar-refractivity contribution is 6.15. The summed E-state index contributed by atoms with van der Waals surface area (Å²) in [6.07, 6.45) is 5.48. The molecule has 8 heteroatoms. The van der Waals surface area contributed by atoms with Gasteiger partial charge in [-0.15, -0.1) is 0 Å². The van der Waals surface area contributed by atoms with E-state index in [0.29, 0.717) is 16.9 Å². The standard InChI is InChI=1S/C26H28N4O4/c1-25(2,3)33-23(31)30(24(32)34-26(4,5)6)20-9-7-8-18-15-28-22(14-19(18)20)29-13-11-17-10-12-27-16-21(17)29/h7-16H,1-6H3. The summed E-state index contributed by atoms with van der Waals surface area (Å²) in [4.78, 5) is 36.1. The van der Waals surface area contributed by atoms with Crippen molar-refractivity contribution >= 4 is 39.5 Å². The van der Waals surface area contributed by atoms with Gasteiger partial charge in [0.1, 0.15) is 17.0 Å². The van der Waals surface area contributed by atoms with E-state index in [2.05, 4.69) is 9.97 Å². The van der Waals surface area contributed by atoms with Gasteiger partial charge < -0.3 is 9.47 Å². The second kappa shape index (κ2) is 8.44. The van der Waals surface area contributed by atoms with Crippen molar-refractivity contribution in [3.63, 3.8) is 0 Å². The molecule has 1 aromatic carbocycles. The van der Waals surface area contributed by atoms with E-state index in [4.69, 9.17) is 9.47 Å². The maximum Gasteiger partial charge on any atom is 0.424 e. The van der Waals surface area contributed by atoms with Crippen LogP contribution >= 0.6 is 0 Å². The van der Waals surface area contributed by atoms with Gasteiger partial charge in [0.2, 0.25) is 0 Å². The average Bonchev–Trinajstić information content (AvgIpc) is 3.15. The molecule has 8 nitrogen and oxygen atoms in total. The summed E-state index contributed by atoms with van der Waals surface area (Å²) >= 11 is 0. The molecule has 3 aromatic heterocycles. The number of amides is 2. The molecular weight excluding hydrogens is 432 g/mol. The maximum atomic E-state index is 13.2. The first-order chi connectivity index (χ1) is 15.9. The Morgan fingerprint density at radius 2 is 1.56 bits per heavy atom. The molecule has 4 rings (SSSR count). The fraction of sp³-hybridized carbons (Fsp3) is 0.308. The fourth-order valence-corrected chi connectivity index (χ4v) is 3.53. The van der Waals surface area contributed by atoms with Gasteiger partial charge >= 0.3 is 12.2 Å². The molecule has 4 aromatic rings. The first-order valence-electron chi connectivity index (χ1n) is 11.0.